The van der Waals surface area contributed by atoms with Crippen LogP contribution in [0.4, 0.5) is 10.5 Å². The molecule has 0 radical (unpaired) electrons. The van der Waals surface area contributed by atoms with Gasteiger partial charge in [0.1, 0.15) is 5.75 Å². The first-order chi connectivity index (χ1) is 10.6. The number of ether oxygens (including phenoxy) is 1. The second kappa shape index (κ2) is 7.82. The summed E-state index contributed by atoms with van der Waals surface area (Å²) in [6, 6.07) is 8.85. The predicted molar refractivity (Wildman–Crippen MR) is 88.6 cm³/mol. The molecule has 0 aliphatic carbocycles. The van der Waals surface area contributed by atoms with Crippen molar-refractivity contribution >= 4 is 23.1 Å². The molecule has 0 spiro atoms. The summed E-state index contributed by atoms with van der Waals surface area (Å²) in [7, 11) is 1.61. The van der Waals surface area contributed by atoms with Crippen molar-refractivity contribution in [2.24, 2.45) is 0 Å². The minimum absolute atomic E-state index is 0.0183. The third-order valence-electron chi connectivity index (χ3n) is 3.26. The molecule has 0 aliphatic rings. The van der Waals surface area contributed by atoms with Gasteiger partial charge in [0.15, 0.2) is 0 Å². The number of aryl methyl sites for hydroxylation is 1. The van der Waals surface area contributed by atoms with Crippen LogP contribution in [0.15, 0.2) is 35.7 Å². The van der Waals surface area contributed by atoms with Crippen molar-refractivity contribution in [1.82, 2.24) is 5.32 Å². The van der Waals surface area contributed by atoms with E-state index in [-0.39, 0.29) is 18.7 Å². The van der Waals surface area contributed by atoms with Gasteiger partial charge in [-0.2, -0.15) is 0 Å². The number of aliphatic hydroxyl groups is 1. The van der Waals surface area contributed by atoms with E-state index in [1.54, 1.807) is 24.5 Å². The predicted octanol–water partition coefficient (Wildman–Crippen LogP) is 3.31. The van der Waals surface area contributed by atoms with E-state index in [0.717, 1.165) is 16.2 Å². The number of amides is 2. The second-order valence-corrected chi connectivity index (χ2v) is 5.84. The molecular weight excluding hydrogens is 300 g/mol. The molecule has 2 aromatic rings. The van der Waals surface area contributed by atoms with Gasteiger partial charge >= 0.3 is 6.03 Å². The highest BCUT2D eigenvalue weighted by molar-refractivity contribution is 7.10. The Balaban J connectivity index is 2.00. The third-order valence-corrected chi connectivity index (χ3v) is 4.25. The van der Waals surface area contributed by atoms with Crippen molar-refractivity contribution in [3.05, 3.63) is 46.2 Å². The molecule has 1 aromatic heterocycles. The average molecular weight is 320 g/mol. The highest BCUT2D eigenvalue weighted by atomic mass is 32.1. The van der Waals surface area contributed by atoms with Gasteiger partial charge in [0.2, 0.25) is 0 Å². The normalized spacial score (nSPS) is 11.8. The van der Waals surface area contributed by atoms with Crippen molar-refractivity contribution in [3.8, 4) is 5.75 Å². The lowest BCUT2D eigenvalue weighted by molar-refractivity contribution is 0.239. The molecule has 2 amide bonds. The van der Waals surface area contributed by atoms with Crippen LogP contribution in [-0.4, -0.2) is 24.9 Å². The highest BCUT2D eigenvalue weighted by Gasteiger charge is 2.15. The number of hydrogen-bond donors (Lipinski definition) is 3. The molecule has 0 bridgehead atoms. The molecule has 1 aromatic carbocycles. The summed E-state index contributed by atoms with van der Waals surface area (Å²) in [4.78, 5) is 13.2. The minimum Gasteiger partial charge on any atom is -0.496 e. The lowest BCUT2D eigenvalue weighted by Gasteiger charge is -2.17. The van der Waals surface area contributed by atoms with Crippen molar-refractivity contribution in [2.45, 2.75) is 19.4 Å². The quantitative estimate of drug-likeness (QED) is 0.765. The lowest BCUT2D eigenvalue weighted by atomic mass is 10.2. The topological polar surface area (TPSA) is 70.6 Å². The van der Waals surface area contributed by atoms with Gasteiger partial charge in [0.05, 0.1) is 13.2 Å². The Bertz CT molecular complexity index is 614. The summed E-state index contributed by atoms with van der Waals surface area (Å²) in [5, 5.41) is 16.8. The summed E-state index contributed by atoms with van der Waals surface area (Å²) in [6.07, 6.45) is 0.482. The first-order valence-corrected chi connectivity index (χ1v) is 7.88. The fourth-order valence-electron chi connectivity index (χ4n) is 2.19. The smallest absolute Gasteiger partial charge is 0.319 e. The van der Waals surface area contributed by atoms with E-state index >= 15 is 0 Å². The van der Waals surface area contributed by atoms with E-state index in [1.807, 2.05) is 36.6 Å². The Morgan fingerprint density at radius 3 is 2.82 bits per heavy atom. The number of rotatable bonds is 6. The molecule has 1 heterocycles. The van der Waals surface area contributed by atoms with Gasteiger partial charge in [-0.15, -0.1) is 11.3 Å². The van der Waals surface area contributed by atoms with Crippen molar-refractivity contribution in [3.63, 3.8) is 0 Å². The Hall–Kier alpha value is -2.05. The van der Waals surface area contributed by atoms with Crippen LogP contribution in [0.2, 0.25) is 0 Å². The van der Waals surface area contributed by atoms with Crippen molar-refractivity contribution in [1.29, 1.82) is 0 Å². The maximum Gasteiger partial charge on any atom is 0.319 e. The second-order valence-electron chi connectivity index (χ2n) is 4.86. The largest absolute Gasteiger partial charge is 0.496 e. The number of carbonyl (C=O) groups is 1. The molecule has 1 atom stereocenters. The molecule has 2 rings (SSSR count). The lowest BCUT2D eigenvalue weighted by Crippen LogP contribution is -2.32. The van der Waals surface area contributed by atoms with E-state index < -0.39 is 0 Å². The Labute approximate surface area is 133 Å². The van der Waals surface area contributed by atoms with Gasteiger partial charge < -0.3 is 20.5 Å². The van der Waals surface area contributed by atoms with Gasteiger partial charge in [-0.05, 0) is 48.6 Å². The zero-order chi connectivity index (χ0) is 15.9. The number of urea groups is 1. The Morgan fingerprint density at radius 1 is 1.41 bits per heavy atom. The number of anilines is 1. The molecule has 3 N–H and O–H groups in total. The summed E-state index contributed by atoms with van der Waals surface area (Å²) in [5.74, 6) is 0.780. The number of thiophene rings is 1. The molecule has 0 saturated heterocycles. The van der Waals surface area contributed by atoms with E-state index in [1.165, 1.54) is 0 Å². The van der Waals surface area contributed by atoms with E-state index in [2.05, 4.69) is 10.6 Å². The zero-order valence-corrected chi connectivity index (χ0v) is 13.4. The molecular formula is C16H20N2O3S. The van der Waals surface area contributed by atoms with Gasteiger partial charge in [-0.3, -0.25) is 0 Å². The van der Waals surface area contributed by atoms with Crippen LogP contribution < -0.4 is 15.4 Å². The van der Waals surface area contributed by atoms with Gasteiger partial charge in [0, 0.05) is 17.2 Å². The molecule has 0 saturated carbocycles. The fourth-order valence-corrected chi connectivity index (χ4v) is 3.00. The van der Waals surface area contributed by atoms with Gasteiger partial charge in [-0.1, -0.05) is 6.07 Å². The van der Waals surface area contributed by atoms with E-state index in [0.29, 0.717) is 12.1 Å². The van der Waals surface area contributed by atoms with Crippen LogP contribution in [0.1, 0.15) is 22.9 Å². The molecule has 0 unspecified atom stereocenters. The standard InChI is InChI=1S/C16H20N2O3S/c1-11-10-12(5-6-14(11)21-2)17-16(20)18-13(7-8-19)15-4-3-9-22-15/h3-6,9-10,13,19H,7-8H2,1-2H3,(H2,17,18,20)/t13-/m1/s1. The van der Waals surface area contributed by atoms with Crippen LogP contribution in [0.3, 0.4) is 0 Å². The van der Waals surface area contributed by atoms with Crippen molar-refractivity contribution < 1.29 is 14.6 Å². The summed E-state index contributed by atoms with van der Waals surface area (Å²) < 4.78 is 5.20. The third kappa shape index (κ3) is 4.22. The van der Waals surface area contributed by atoms with Gasteiger partial charge in [0.25, 0.3) is 0 Å². The number of hydrogen-bond acceptors (Lipinski definition) is 4. The first kappa shape index (κ1) is 16.3. The maximum atomic E-state index is 12.1. The number of carbonyl (C=O) groups excluding carboxylic acids is 1. The maximum absolute atomic E-state index is 12.1. The first-order valence-electron chi connectivity index (χ1n) is 7.00. The number of benzene rings is 1. The molecule has 22 heavy (non-hydrogen) atoms. The molecule has 0 fully saturated rings. The fraction of sp³-hybridized carbons (Fsp3) is 0.312. The number of aliphatic hydroxyl groups excluding tert-OH is 1. The molecule has 118 valence electrons. The van der Waals surface area contributed by atoms with Crippen LogP contribution in [0, 0.1) is 6.92 Å². The SMILES string of the molecule is COc1ccc(NC(=O)N[C@H](CCO)c2cccs2)cc1C. The number of methoxy groups -OCH3 is 1. The summed E-state index contributed by atoms with van der Waals surface area (Å²) in [5.41, 5.74) is 1.65. The summed E-state index contributed by atoms with van der Waals surface area (Å²) >= 11 is 1.56. The van der Waals surface area contributed by atoms with Gasteiger partial charge in [-0.25, -0.2) is 4.79 Å². The number of nitrogens with one attached hydrogen (secondary N) is 2. The zero-order valence-electron chi connectivity index (χ0n) is 12.6. The van der Waals surface area contributed by atoms with Crippen LogP contribution in [0.5, 0.6) is 5.75 Å². The van der Waals surface area contributed by atoms with Crippen LogP contribution >= 0.6 is 11.3 Å². The molecule has 0 aliphatic heterocycles. The van der Waals surface area contributed by atoms with Crippen molar-refractivity contribution in [2.75, 3.05) is 19.0 Å². The summed E-state index contributed by atoms with van der Waals surface area (Å²) in [6.45, 7) is 1.94. The molecule has 5 nitrogen and oxygen atoms in total. The van der Waals surface area contributed by atoms with Crippen LogP contribution in [-0.2, 0) is 0 Å². The molecule has 6 heteroatoms. The highest BCUT2D eigenvalue weighted by Crippen LogP contribution is 2.23. The monoisotopic (exact) mass is 320 g/mol. The Morgan fingerprint density at radius 2 is 2.23 bits per heavy atom. The van der Waals surface area contributed by atoms with E-state index in [9.17, 15) is 4.79 Å². The van der Waals surface area contributed by atoms with Crippen LogP contribution in [0.25, 0.3) is 0 Å². The minimum atomic E-state index is -0.295. The Kier molecular flexibility index (Phi) is 5.80. The average Bonchev–Trinajstić information content (AvgIpc) is 3.01. The van der Waals surface area contributed by atoms with E-state index in [4.69, 9.17) is 9.84 Å².